The van der Waals surface area contributed by atoms with Crippen LogP contribution in [-0.2, 0) is 0 Å². The number of carbonyl (C=O) groups is 1. The van der Waals surface area contributed by atoms with Gasteiger partial charge in [-0.25, -0.2) is 9.18 Å². The lowest BCUT2D eigenvalue weighted by molar-refractivity contribution is 0.0698. The van der Waals surface area contributed by atoms with Gasteiger partial charge in [-0.15, -0.1) is 0 Å². The van der Waals surface area contributed by atoms with Crippen molar-refractivity contribution >= 4 is 29.1 Å². The molecule has 0 amide bonds. The van der Waals surface area contributed by atoms with Gasteiger partial charge < -0.3 is 16.2 Å². The third kappa shape index (κ3) is 3.53. The molecule has 0 saturated heterocycles. The average molecular weight is 272 g/mol. The number of nitrogens with two attached hydrogens (primary N) is 1. The van der Waals surface area contributed by atoms with E-state index in [1.165, 1.54) is 6.07 Å². The summed E-state index contributed by atoms with van der Waals surface area (Å²) in [5.41, 5.74) is 5.49. The molecule has 1 atom stereocenters. The van der Waals surface area contributed by atoms with E-state index in [0.717, 1.165) is 18.2 Å². The first-order valence-corrected chi connectivity index (χ1v) is 6.96. The second-order valence-corrected chi connectivity index (χ2v) is 4.84. The summed E-state index contributed by atoms with van der Waals surface area (Å²) in [7, 11) is 0. The third-order valence-electron chi connectivity index (χ3n) is 2.59. The largest absolute Gasteiger partial charge is 0.478 e. The monoisotopic (exact) mass is 272 g/mol. The Morgan fingerprint density at radius 2 is 2.28 bits per heavy atom. The van der Waals surface area contributed by atoms with Gasteiger partial charge in [0, 0.05) is 17.5 Å². The minimum absolute atomic E-state index is 0.0662. The number of aromatic carboxylic acids is 1. The highest BCUT2D eigenvalue weighted by Crippen LogP contribution is 2.23. The van der Waals surface area contributed by atoms with Crippen LogP contribution in [0.15, 0.2) is 12.1 Å². The van der Waals surface area contributed by atoms with Gasteiger partial charge in [0.1, 0.15) is 5.82 Å². The predicted molar refractivity (Wildman–Crippen MR) is 73.9 cm³/mol. The summed E-state index contributed by atoms with van der Waals surface area (Å²) in [6.07, 6.45) is 2.79. The SMILES string of the molecule is CCC(CSC)Nc1cc(C(=O)O)c(N)cc1F. The maximum atomic E-state index is 13.7. The molecule has 0 saturated carbocycles. The molecule has 0 bridgehead atoms. The molecule has 1 unspecified atom stereocenters. The van der Waals surface area contributed by atoms with E-state index >= 15 is 0 Å². The van der Waals surface area contributed by atoms with Crippen molar-refractivity contribution in [2.24, 2.45) is 0 Å². The highest BCUT2D eigenvalue weighted by molar-refractivity contribution is 7.98. The molecule has 0 heterocycles. The smallest absolute Gasteiger partial charge is 0.337 e. The molecule has 6 heteroatoms. The van der Waals surface area contributed by atoms with E-state index in [1.807, 2.05) is 13.2 Å². The standard InChI is InChI=1S/C12H17FN2O2S/c1-3-7(6-18-2)15-11-4-8(12(16)17)10(14)5-9(11)13/h4-5,7,15H,3,6,14H2,1-2H3,(H,16,17). The molecule has 0 radical (unpaired) electrons. The first-order chi connectivity index (χ1) is 8.49. The van der Waals surface area contributed by atoms with Crippen LogP contribution >= 0.6 is 11.8 Å². The van der Waals surface area contributed by atoms with Crippen molar-refractivity contribution in [1.29, 1.82) is 0 Å². The molecular weight excluding hydrogens is 255 g/mol. The Morgan fingerprint density at radius 3 is 2.78 bits per heavy atom. The number of thioether (sulfide) groups is 1. The molecule has 0 aromatic heterocycles. The van der Waals surface area contributed by atoms with Crippen molar-refractivity contribution < 1.29 is 14.3 Å². The zero-order chi connectivity index (χ0) is 13.7. The molecule has 4 N–H and O–H groups in total. The fraction of sp³-hybridized carbons (Fsp3) is 0.417. The predicted octanol–water partition coefficient (Wildman–Crippen LogP) is 2.66. The van der Waals surface area contributed by atoms with Crippen molar-refractivity contribution in [3.05, 3.63) is 23.5 Å². The lowest BCUT2D eigenvalue weighted by Crippen LogP contribution is -2.22. The Balaban J connectivity index is 3.01. The summed E-state index contributed by atoms with van der Waals surface area (Å²) in [5, 5.41) is 11.9. The molecule has 100 valence electrons. The molecule has 1 aromatic rings. The normalized spacial score (nSPS) is 12.2. The molecule has 1 aromatic carbocycles. The van der Waals surface area contributed by atoms with E-state index in [1.54, 1.807) is 11.8 Å². The summed E-state index contributed by atoms with van der Waals surface area (Å²) in [5.74, 6) is -0.867. The Labute approximate surface area is 110 Å². The Hall–Kier alpha value is -1.43. The summed E-state index contributed by atoms with van der Waals surface area (Å²) in [6, 6.07) is 2.38. The quantitative estimate of drug-likeness (QED) is 0.694. The van der Waals surface area contributed by atoms with Crippen LogP contribution in [0.2, 0.25) is 0 Å². The van der Waals surface area contributed by atoms with E-state index in [-0.39, 0.29) is 23.0 Å². The number of nitrogens with one attached hydrogen (secondary N) is 1. The van der Waals surface area contributed by atoms with Gasteiger partial charge in [0.25, 0.3) is 0 Å². The van der Waals surface area contributed by atoms with Crippen molar-refractivity contribution in [1.82, 2.24) is 0 Å². The number of hydrogen-bond acceptors (Lipinski definition) is 4. The summed E-state index contributed by atoms with van der Waals surface area (Å²) in [4.78, 5) is 10.9. The van der Waals surface area contributed by atoms with E-state index in [4.69, 9.17) is 10.8 Å². The fourth-order valence-electron chi connectivity index (χ4n) is 1.57. The van der Waals surface area contributed by atoms with Crippen LogP contribution in [0, 0.1) is 5.82 Å². The Kier molecular flexibility index (Phi) is 5.27. The van der Waals surface area contributed by atoms with Gasteiger partial charge in [-0.2, -0.15) is 11.8 Å². The van der Waals surface area contributed by atoms with Gasteiger partial charge in [-0.05, 0) is 24.8 Å². The van der Waals surface area contributed by atoms with Gasteiger partial charge in [0.15, 0.2) is 0 Å². The number of anilines is 2. The van der Waals surface area contributed by atoms with Crippen LogP contribution in [0.4, 0.5) is 15.8 Å². The lowest BCUT2D eigenvalue weighted by Gasteiger charge is -2.18. The Bertz CT molecular complexity index is 440. The second kappa shape index (κ2) is 6.49. The number of rotatable bonds is 6. The summed E-state index contributed by atoms with van der Waals surface area (Å²) >= 11 is 1.65. The summed E-state index contributed by atoms with van der Waals surface area (Å²) < 4.78 is 13.7. The van der Waals surface area contributed by atoms with Gasteiger partial charge in [0.05, 0.1) is 11.3 Å². The molecular formula is C12H17FN2O2S. The molecule has 0 fully saturated rings. The van der Waals surface area contributed by atoms with Gasteiger partial charge in [-0.3, -0.25) is 0 Å². The molecule has 0 aliphatic carbocycles. The van der Waals surface area contributed by atoms with Crippen molar-refractivity contribution in [2.75, 3.05) is 23.1 Å². The van der Waals surface area contributed by atoms with E-state index < -0.39 is 11.8 Å². The number of hydrogen-bond donors (Lipinski definition) is 3. The molecule has 0 aliphatic heterocycles. The fourth-order valence-corrected chi connectivity index (χ4v) is 2.29. The van der Waals surface area contributed by atoms with Gasteiger partial charge >= 0.3 is 5.97 Å². The first-order valence-electron chi connectivity index (χ1n) is 5.57. The van der Waals surface area contributed by atoms with E-state index in [0.29, 0.717) is 0 Å². The average Bonchev–Trinajstić information content (AvgIpc) is 2.31. The van der Waals surface area contributed by atoms with Crippen molar-refractivity contribution in [2.45, 2.75) is 19.4 Å². The molecule has 4 nitrogen and oxygen atoms in total. The lowest BCUT2D eigenvalue weighted by atomic mass is 10.1. The highest BCUT2D eigenvalue weighted by atomic mass is 32.2. The number of nitrogen functional groups attached to an aromatic ring is 1. The van der Waals surface area contributed by atoms with Gasteiger partial charge in [-0.1, -0.05) is 6.92 Å². The minimum Gasteiger partial charge on any atom is -0.478 e. The molecule has 18 heavy (non-hydrogen) atoms. The molecule has 1 rings (SSSR count). The number of carboxylic acids is 1. The number of benzene rings is 1. The third-order valence-corrected chi connectivity index (χ3v) is 3.33. The topological polar surface area (TPSA) is 75.3 Å². The maximum absolute atomic E-state index is 13.7. The Morgan fingerprint density at radius 1 is 1.61 bits per heavy atom. The zero-order valence-electron chi connectivity index (χ0n) is 10.4. The molecule has 0 aliphatic rings. The zero-order valence-corrected chi connectivity index (χ0v) is 11.2. The second-order valence-electron chi connectivity index (χ2n) is 3.93. The highest BCUT2D eigenvalue weighted by Gasteiger charge is 2.15. The van der Waals surface area contributed by atoms with Crippen LogP contribution in [0.1, 0.15) is 23.7 Å². The maximum Gasteiger partial charge on any atom is 0.337 e. The first kappa shape index (κ1) is 14.6. The van der Waals surface area contributed by atoms with Crippen LogP contribution in [0.25, 0.3) is 0 Å². The van der Waals surface area contributed by atoms with E-state index in [2.05, 4.69) is 5.32 Å². The number of halogens is 1. The van der Waals surface area contributed by atoms with Crippen LogP contribution < -0.4 is 11.1 Å². The van der Waals surface area contributed by atoms with Crippen LogP contribution in [-0.4, -0.2) is 29.1 Å². The van der Waals surface area contributed by atoms with Crippen LogP contribution in [0.5, 0.6) is 0 Å². The molecule has 0 spiro atoms. The van der Waals surface area contributed by atoms with Crippen molar-refractivity contribution in [3.8, 4) is 0 Å². The van der Waals surface area contributed by atoms with E-state index in [9.17, 15) is 9.18 Å². The van der Waals surface area contributed by atoms with Crippen LogP contribution in [0.3, 0.4) is 0 Å². The number of carboxylic acid groups (broad SMARTS) is 1. The summed E-state index contributed by atoms with van der Waals surface area (Å²) in [6.45, 7) is 1.99. The van der Waals surface area contributed by atoms with Gasteiger partial charge in [0.2, 0.25) is 0 Å². The minimum atomic E-state index is -1.16. The van der Waals surface area contributed by atoms with Crippen molar-refractivity contribution in [3.63, 3.8) is 0 Å².